The minimum atomic E-state index is -1.19. The third-order valence-corrected chi connectivity index (χ3v) is 4.13. The van der Waals surface area contributed by atoms with Crippen LogP contribution in [0.5, 0.6) is 0 Å². The lowest BCUT2D eigenvalue weighted by Crippen LogP contribution is -2.06. The number of carbonyl (C=O) groups is 3. The van der Waals surface area contributed by atoms with Crippen LogP contribution in [-0.2, 0) is 14.3 Å². The van der Waals surface area contributed by atoms with Gasteiger partial charge in [0, 0.05) is 28.2 Å². The van der Waals surface area contributed by atoms with Gasteiger partial charge in [-0.25, -0.2) is 14.4 Å². The number of benzene rings is 2. The van der Waals surface area contributed by atoms with Crippen LogP contribution in [0.2, 0.25) is 0 Å². The van der Waals surface area contributed by atoms with E-state index in [-0.39, 0.29) is 22.3 Å². The van der Waals surface area contributed by atoms with Crippen molar-refractivity contribution in [3.63, 3.8) is 0 Å². The molecule has 25 heavy (non-hydrogen) atoms. The van der Waals surface area contributed by atoms with Gasteiger partial charge >= 0.3 is 17.9 Å². The first-order valence-corrected chi connectivity index (χ1v) is 7.48. The van der Waals surface area contributed by atoms with E-state index in [0.717, 1.165) is 10.9 Å². The number of carboxylic acid groups (broad SMARTS) is 1. The average Bonchev–Trinajstić information content (AvgIpc) is 3.14. The molecule has 1 aliphatic heterocycles. The lowest BCUT2D eigenvalue weighted by atomic mass is 9.93. The van der Waals surface area contributed by atoms with Crippen molar-refractivity contribution in [1.82, 2.24) is 4.98 Å². The summed E-state index contributed by atoms with van der Waals surface area (Å²) in [4.78, 5) is 39.2. The van der Waals surface area contributed by atoms with E-state index >= 15 is 0 Å². The largest absolute Gasteiger partial charge is 0.478 e. The molecule has 1 aliphatic rings. The van der Waals surface area contributed by atoms with Crippen molar-refractivity contribution in [3.05, 3.63) is 71.4 Å². The summed E-state index contributed by atoms with van der Waals surface area (Å²) in [6, 6.07) is 13.3. The Morgan fingerprint density at radius 2 is 1.52 bits per heavy atom. The third-order valence-electron chi connectivity index (χ3n) is 4.13. The minimum absolute atomic E-state index is 0.0345. The zero-order valence-corrected chi connectivity index (χ0v) is 12.8. The number of esters is 2. The molecule has 0 bridgehead atoms. The van der Waals surface area contributed by atoms with Gasteiger partial charge in [0.15, 0.2) is 0 Å². The maximum atomic E-state index is 12.3. The van der Waals surface area contributed by atoms with E-state index in [0.29, 0.717) is 5.56 Å². The topological polar surface area (TPSA) is 96.5 Å². The van der Waals surface area contributed by atoms with Crippen LogP contribution in [0.15, 0.2) is 54.7 Å². The second-order valence-corrected chi connectivity index (χ2v) is 5.53. The van der Waals surface area contributed by atoms with Crippen LogP contribution in [0.3, 0.4) is 0 Å². The molecule has 0 amide bonds. The molecule has 0 fully saturated rings. The number of rotatable bonds is 3. The smallest absolute Gasteiger partial charge is 0.347 e. The van der Waals surface area contributed by atoms with Gasteiger partial charge in [-0.2, -0.15) is 0 Å². The molecule has 122 valence electrons. The molecule has 0 atom stereocenters. The summed E-state index contributed by atoms with van der Waals surface area (Å²) >= 11 is 0. The number of ether oxygens (including phenoxy) is 1. The number of hydrogen-bond acceptors (Lipinski definition) is 4. The van der Waals surface area contributed by atoms with Gasteiger partial charge in [-0.3, -0.25) is 0 Å². The third kappa shape index (κ3) is 2.23. The number of carbonyl (C=O) groups excluding carboxylic acids is 2. The first-order valence-electron chi connectivity index (χ1n) is 7.48. The Kier molecular flexibility index (Phi) is 3.25. The Morgan fingerprint density at radius 3 is 2.28 bits per heavy atom. The highest BCUT2D eigenvalue weighted by atomic mass is 16.6. The molecule has 1 aromatic heterocycles. The molecule has 0 aliphatic carbocycles. The van der Waals surface area contributed by atoms with Gasteiger partial charge in [-0.05, 0) is 12.1 Å². The Hall–Kier alpha value is -3.67. The van der Waals surface area contributed by atoms with Crippen LogP contribution in [-0.4, -0.2) is 28.0 Å². The Balaban J connectivity index is 2.05. The maximum Gasteiger partial charge on any atom is 0.347 e. The van der Waals surface area contributed by atoms with E-state index in [2.05, 4.69) is 4.98 Å². The Morgan fingerprint density at radius 1 is 0.880 bits per heavy atom. The number of carboxylic acids is 1. The molecule has 6 nitrogen and oxygen atoms in total. The van der Waals surface area contributed by atoms with Crippen molar-refractivity contribution < 1.29 is 24.2 Å². The molecule has 0 unspecified atom stereocenters. The predicted molar refractivity (Wildman–Crippen MR) is 89.6 cm³/mol. The van der Waals surface area contributed by atoms with Gasteiger partial charge < -0.3 is 14.8 Å². The van der Waals surface area contributed by atoms with Crippen LogP contribution in [0, 0.1) is 0 Å². The van der Waals surface area contributed by atoms with E-state index in [4.69, 9.17) is 4.74 Å². The second kappa shape index (κ2) is 5.45. The summed E-state index contributed by atoms with van der Waals surface area (Å²) < 4.78 is 4.79. The number of H-pyrrole nitrogens is 1. The van der Waals surface area contributed by atoms with Crippen molar-refractivity contribution in [2.24, 2.45) is 0 Å². The average molecular weight is 333 g/mol. The molecule has 0 spiro atoms. The molecule has 2 aromatic carbocycles. The fourth-order valence-corrected chi connectivity index (χ4v) is 3.05. The highest BCUT2D eigenvalue weighted by Crippen LogP contribution is 2.38. The summed E-state index contributed by atoms with van der Waals surface area (Å²) in [6.07, 6.45) is 1.61. The highest BCUT2D eigenvalue weighted by molar-refractivity contribution is 6.46. The fourth-order valence-electron chi connectivity index (χ4n) is 3.05. The lowest BCUT2D eigenvalue weighted by Gasteiger charge is -2.06. The van der Waals surface area contributed by atoms with Crippen molar-refractivity contribution in [2.75, 3.05) is 0 Å². The monoisotopic (exact) mass is 333 g/mol. The molecule has 0 saturated carbocycles. The minimum Gasteiger partial charge on any atom is -0.478 e. The molecule has 6 heteroatoms. The van der Waals surface area contributed by atoms with Crippen molar-refractivity contribution in [2.45, 2.75) is 0 Å². The Bertz CT molecular complexity index is 1090. The zero-order chi connectivity index (χ0) is 17.6. The normalized spacial score (nSPS) is 14.2. The van der Waals surface area contributed by atoms with Crippen molar-refractivity contribution in [1.29, 1.82) is 0 Å². The molecule has 2 N–H and O–H groups in total. The number of hydrogen-bond donors (Lipinski definition) is 2. The van der Waals surface area contributed by atoms with Gasteiger partial charge in [0.25, 0.3) is 0 Å². The van der Waals surface area contributed by atoms with E-state index < -0.39 is 17.9 Å². The number of aromatic carboxylic acids is 1. The summed E-state index contributed by atoms with van der Waals surface area (Å²) in [5.41, 5.74) is 1.42. The number of cyclic esters (lactones) is 2. The van der Waals surface area contributed by atoms with Gasteiger partial charge in [0.1, 0.15) is 0 Å². The lowest BCUT2D eigenvalue weighted by molar-refractivity contribution is -0.149. The first kappa shape index (κ1) is 14.9. The summed E-state index contributed by atoms with van der Waals surface area (Å²) in [7, 11) is 0. The van der Waals surface area contributed by atoms with Gasteiger partial charge in [0.05, 0.1) is 16.7 Å². The van der Waals surface area contributed by atoms with Gasteiger partial charge in [-0.1, -0.05) is 36.4 Å². The standard InChI is InChI=1S/C19H11NO5/c21-17(22)12-7-2-1-6-11(12)15-16(19(24)25-18(15)23)13-9-20-14-8-4-3-5-10(13)14/h1-9,20H,(H,21,22). The van der Waals surface area contributed by atoms with Crippen molar-refractivity contribution in [3.8, 4) is 0 Å². The summed E-state index contributed by atoms with van der Waals surface area (Å²) in [5.74, 6) is -2.82. The van der Waals surface area contributed by atoms with Crippen LogP contribution < -0.4 is 0 Å². The molecule has 0 radical (unpaired) electrons. The maximum absolute atomic E-state index is 12.3. The predicted octanol–water partition coefficient (Wildman–Crippen LogP) is 2.86. The zero-order valence-electron chi connectivity index (χ0n) is 12.8. The highest BCUT2D eigenvalue weighted by Gasteiger charge is 2.37. The Labute approximate surface area is 141 Å². The number of nitrogens with one attached hydrogen (secondary N) is 1. The fraction of sp³-hybridized carbons (Fsp3) is 0. The van der Waals surface area contributed by atoms with Crippen molar-refractivity contribution >= 4 is 40.0 Å². The van der Waals surface area contributed by atoms with E-state index in [1.54, 1.807) is 18.3 Å². The van der Waals surface area contributed by atoms with Crippen LogP contribution >= 0.6 is 0 Å². The number of aromatic nitrogens is 1. The quantitative estimate of drug-likeness (QED) is 0.567. The molecule has 2 heterocycles. The van der Waals surface area contributed by atoms with Gasteiger partial charge in [0.2, 0.25) is 0 Å². The molecular weight excluding hydrogens is 322 g/mol. The molecule has 4 rings (SSSR count). The number of para-hydroxylation sites is 1. The molecule has 0 saturated heterocycles. The van der Waals surface area contributed by atoms with Crippen LogP contribution in [0.4, 0.5) is 0 Å². The van der Waals surface area contributed by atoms with E-state index in [1.165, 1.54) is 12.1 Å². The number of aromatic amines is 1. The van der Waals surface area contributed by atoms with Crippen LogP contribution in [0.1, 0.15) is 21.5 Å². The summed E-state index contributed by atoms with van der Waals surface area (Å²) in [5, 5.41) is 10.1. The van der Waals surface area contributed by atoms with Gasteiger partial charge in [-0.15, -0.1) is 0 Å². The molecule has 3 aromatic rings. The SMILES string of the molecule is O=C1OC(=O)C(c2c[nH]c3ccccc23)=C1c1ccccc1C(=O)O. The first-order chi connectivity index (χ1) is 12.1. The van der Waals surface area contributed by atoms with Crippen LogP contribution in [0.25, 0.3) is 22.0 Å². The summed E-state index contributed by atoms with van der Waals surface area (Å²) in [6.45, 7) is 0. The second-order valence-electron chi connectivity index (χ2n) is 5.53. The number of fused-ring (bicyclic) bond motifs is 1. The van der Waals surface area contributed by atoms with E-state index in [1.807, 2.05) is 24.3 Å². The van der Waals surface area contributed by atoms with E-state index in [9.17, 15) is 19.5 Å². The molecular formula is C19H11NO5.